The molecule has 176 valence electrons. The zero-order valence-electron chi connectivity index (χ0n) is 19.0. The predicted octanol–water partition coefficient (Wildman–Crippen LogP) is 3.91. The van der Waals surface area contributed by atoms with Gasteiger partial charge in [-0.1, -0.05) is 42.5 Å². The minimum atomic E-state index is -0.671. The molecular formula is C27H32O6. The van der Waals surface area contributed by atoms with Gasteiger partial charge in [-0.2, -0.15) is 0 Å². The molecule has 0 aliphatic heterocycles. The van der Waals surface area contributed by atoms with Gasteiger partial charge in [0, 0.05) is 18.9 Å². The van der Waals surface area contributed by atoms with Crippen molar-refractivity contribution in [1.82, 2.24) is 0 Å². The first-order valence-electron chi connectivity index (χ1n) is 11.5. The van der Waals surface area contributed by atoms with Gasteiger partial charge in [-0.3, -0.25) is 14.4 Å². The van der Waals surface area contributed by atoms with Crippen LogP contribution in [0.3, 0.4) is 0 Å². The van der Waals surface area contributed by atoms with Crippen LogP contribution in [0.25, 0.3) is 0 Å². The number of aliphatic hydroxyl groups is 1. The second-order valence-electron chi connectivity index (χ2n) is 8.97. The lowest BCUT2D eigenvalue weighted by molar-refractivity contribution is -0.131. The van der Waals surface area contributed by atoms with Crippen molar-refractivity contribution in [2.45, 2.75) is 45.6 Å². The Labute approximate surface area is 194 Å². The molecule has 0 fully saturated rings. The fourth-order valence-corrected chi connectivity index (χ4v) is 4.79. The zero-order chi connectivity index (χ0) is 23.8. The molecule has 0 heterocycles. The van der Waals surface area contributed by atoms with Gasteiger partial charge in [0.05, 0.1) is 25.2 Å². The summed E-state index contributed by atoms with van der Waals surface area (Å²) in [7, 11) is 0. The molecular weight excluding hydrogens is 420 g/mol. The highest BCUT2D eigenvalue weighted by Gasteiger charge is 2.34. The van der Waals surface area contributed by atoms with Crippen molar-refractivity contribution >= 4 is 17.3 Å². The molecule has 0 spiro atoms. The first kappa shape index (κ1) is 24.8. The molecule has 3 unspecified atom stereocenters. The van der Waals surface area contributed by atoms with Crippen LogP contribution in [-0.4, -0.2) is 40.8 Å². The maximum atomic E-state index is 12.7. The molecule has 0 amide bonds. The van der Waals surface area contributed by atoms with E-state index in [1.54, 1.807) is 6.07 Å². The van der Waals surface area contributed by atoms with E-state index in [2.05, 4.69) is 0 Å². The van der Waals surface area contributed by atoms with E-state index >= 15 is 0 Å². The van der Waals surface area contributed by atoms with E-state index in [0.29, 0.717) is 38.0 Å². The van der Waals surface area contributed by atoms with Crippen molar-refractivity contribution in [1.29, 1.82) is 0 Å². The summed E-state index contributed by atoms with van der Waals surface area (Å²) >= 11 is 0. The summed E-state index contributed by atoms with van der Waals surface area (Å²) < 4.78 is 5.83. The standard InChI is InChI=1S/C27H32O6/c1-18(29)12-25(31)23(16-28)21(10-11-33-17-19-6-3-2-4-7-19)13-20-14-22-8-5-9-24(30)27(22)26(32)15-20/h2-9,20-21,23,28,30H,10-17H2,1H3. The van der Waals surface area contributed by atoms with Gasteiger partial charge < -0.3 is 14.9 Å². The van der Waals surface area contributed by atoms with Crippen LogP contribution in [0.15, 0.2) is 48.5 Å². The first-order chi connectivity index (χ1) is 15.9. The average Bonchev–Trinajstić information content (AvgIpc) is 2.77. The van der Waals surface area contributed by atoms with Gasteiger partial charge in [-0.05, 0) is 55.2 Å². The Balaban J connectivity index is 1.69. The summed E-state index contributed by atoms with van der Waals surface area (Å²) in [6.45, 7) is 1.88. The van der Waals surface area contributed by atoms with Gasteiger partial charge in [0.25, 0.3) is 0 Å². The number of ketones is 3. The van der Waals surface area contributed by atoms with Crippen LogP contribution in [0.2, 0.25) is 0 Å². The van der Waals surface area contributed by atoms with Crippen molar-refractivity contribution < 1.29 is 29.3 Å². The summed E-state index contributed by atoms with van der Waals surface area (Å²) in [5.74, 6) is -1.48. The maximum absolute atomic E-state index is 12.7. The number of fused-ring (bicyclic) bond motifs is 1. The number of phenols is 1. The van der Waals surface area contributed by atoms with Crippen LogP contribution in [0, 0.1) is 17.8 Å². The summed E-state index contributed by atoms with van der Waals surface area (Å²) in [4.78, 5) is 36.9. The summed E-state index contributed by atoms with van der Waals surface area (Å²) in [6.07, 6.45) is 1.80. The number of carbonyl (C=O) groups excluding carboxylic acids is 3. The van der Waals surface area contributed by atoms with Gasteiger partial charge >= 0.3 is 0 Å². The van der Waals surface area contributed by atoms with Gasteiger partial charge in [-0.15, -0.1) is 0 Å². The van der Waals surface area contributed by atoms with Crippen LogP contribution < -0.4 is 0 Å². The Bertz CT molecular complexity index is 968. The zero-order valence-corrected chi connectivity index (χ0v) is 19.0. The van der Waals surface area contributed by atoms with Gasteiger partial charge in [0.1, 0.15) is 17.3 Å². The second-order valence-corrected chi connectivity index (χ2v) is 8.97. The monoisotopic (exact) mass is 452 g/mol. The third-order valence-corrected chi connectivity index (χ3v) is 6.37. The second kappa shape index (κ2) is 11.9. The van der Waals surface area contributed by atoms with Gasteiger partial charge in [0.15, 0.2) is 5.78 Å². The van der Waals surface area contributed by atoms with Gasteiger partial charge in [0.2, 0.25) is 0 Å². The topological polar surface area (TPSA) is 101 Å². The smallest absolute Gasteiger partial charge is 0.167 e. The molecule has 3 atom stereocenters. The van der Waals surface area contributed by atoms with Crippen molar-refractivity contribution in [2.24, 2.45) is 17.8 Å². The summed E-state index contributed by atoms with van der Waals surface area (Å²) in [5, 5.41) is 20.1. The van der Waals surface area contributed by atoms with Crippen LogP contribution in [-0.2, 0) is 27.4 Å². The third kappa shape index (κ3) is 6.83. The number of rotatable bonds is 12. The number of carbonyl (C=O) groups is 3. The lowest BCUT2D eigenvalue weighted by atomic mass is 9.73. The van der Waals surface area contributed by atoms with Crippen molar-refractivity contribution in [3.8, 4) is 5.75 Å². The van der Waals surface area contributed by atoms with Crippen LogP contribution in [0.4, 0.5) is 0 Å². The molecule has 2 aromatic rings. The summed E-state index contributed by atoms with van der Waals surface area (Å²) in [5.41, 5.74) is 2.25. The van der Waals surface area contributed by atoms with Crippen molar-refractivity contribution in [3.63, 3.8) is 0 Å². The predicted molar refractivity (Wildman–Crippen MR) is 124 cm³/mol. The quantitative estimate of drug-likeness (QED) is 0.374. The SMILES string of the molecule is CC(=O)CC(=O)C(CO)C(CCOCc1ccccc1)CC1CC(=O)c2c(O)cccc2C1. The Kier molecular flexibility index (Phi) is 8.92. The molecule has 6 heteroatoms. The average molecular weight is 453 g/mol. The van der Waals surface area contributed by atoms with Crippen LogP contribution in [0.5, 0.6) is 5.75 Å². The Hall–Kier alpha value is -2.83. The number of phenolic OH excluding ortho intramolecular Hbond substituents is 1. The number of ether oxygens (including phenoxy) is 1. The Morgan fingerprint density at radius 2 is 1.85 bits per heavy atom. The molecule has 0 aromatic heterocycles. The molecule has 1 aliphatic rings. The first-order valence-corrected chi connectivity index (χ1v) is 11.5. The number of hydrogen-bond acceptors (Lipinski definition) is 6. The Morgan fingerprint density at radius 3 is 2.55 bits per heavy atom. The van der Waals surface area contributed by atoms with E-state index in [1.165, 1.54) is 13.0 Å². The highest BCUT2D eigenvalue weighted by atomic mass is 16.5. The molecule has 33 heavy (non-hydrogen) atoms. The summed E-state index contributed by atoms with van der Waals surface area (Å²) in [6, 6.07) is 14.9. The minimum Gasteiger partial charge on any atom is -0.507 e. The largest absolute Gasteiger partial charge is 0.507 e. The lowest BCUT2D eigenvalue weighted by Gasteiger charge is -2.31. The number of benzene rings is 2. The van der Waals surface area contributed by atoms with E-state index in [4.69, 9.17) is 4.74 Å². The molecule has 2 aromatic carbocycles. The molecule has 0 saturated heterocycles. The molecule has 0 radical (unpaired) electrons. The molecule has 1 aliphatic carbocycles. The third-order valence-electron chi connectivity index (χ3n) is 6.37. The van der Waals surface area contributed by atoms with E-state index < -0.39 is 5.92 Å². The van der Waals surface area contributed by atoms with E-state index in [-0.39, 0.29) is 54.4 Å². The Morgan fingerprint density at radius 1 is 1.09 bits per heavy atom. The van der Waals surface area contributed by atoms with Crippen molar-refractivity contribution in [3.05, 3.63) is 65.2 Å². The number of aliphatic hydroxyl groups excluding tert-OH is 1. The van der Waals surface area contributed by atoms with E-state index in [9.17, 15) is 24.6 Å². The van der Waals surface area contributed by atoms with Gasteiger partial charge in [-0.25, -0.2) is 0 Å². The van der Waals surface area contributed by atoms with E-state index in [1.807, 2.05) is 36.4 Å². The highest BCUT2D eigenvalue weighted by molar-refractivity contribution is 6.01. The fraction of sp³-hybridized carbons (Fsp3) is 0.444. The maximum Gasteiger partial charge on any atom is 0.167 e. The number of Topliss-reactive ketones (excluding diaryl/α,β-unsaturated/α-hetero) is 3. The normalized spacial score (nSPS) is 17.3. The van der Waals surface area contributed by atoms with Crippen LogP contribution >= 0.6 is 0 Å². The molecule has 6 nitrogen and oxygen atoms in total. The molecule has 0 saturated carbocycles. The number of hydrogen-bond donors (Lipinski definition) is 2. The minimum absolute atomic E-state index is 0.00619. The highest BCUT2D eigenvalue weighted by Crippen LogP contribution is 2.36. The molecule has 3 rings (SSSR count). The lowest BCUT2D eigenvalue weighted by Crippen LogP contribution is -2.32. The number of aromatic hydroxyl groups is 1. The van der Waals surface area contributed by atoms with Crippen LogP contribution in [0.1, 0.15) is 54.1 Å². The molecule has 2 N–H and O–H groups in total. The fourth-order valence-electron chi connectivity index (χ4n) is 4.79. The van der Waals surface area contributed by atoms with Crippen molar-refractivity contribution in [2.75, 3.05) is 13.2 Å². The molecule has 0 bridgehead atoms. The van der Waals surface area contributed by atoms with E-state index in [0.717, 1.165) is 11.1 Å².